The van der Waals surface area contributed by atoms with Gasteiger partial charge in [-0.2, -0.15) is 0 Å². The third-order valence-corrected chi connectivity index (χ3v) is 7.50. The summed E-state index contributed by atoms with van der Waals surface area (Å²) in [4.78, 5) is 29.8. The predicted octanol–water partition coefficient (Wildman–Crippen LogP) is 5.21. The second-order valence-electron chi connectivity index (χ2n) is 11.0. The van der Waals surface area contributed by atoms with Gasteiger partial charge in [0.2, 0.25) is 0 Å². The molecule has 3 aromatic rings. The number of nitrogens with two attached hydrogens (primary N) is 2. The van der Waals surface area contributed by atoms with Crippen molar-refractivity contribution in [2.45, 2.75) is 64.8 Å². The molecule has 9 heteroatoms. The summed E-state index contributed by atoms with van der Waals surface area (Å²) in [6.45, 7) is 7.89. The summed E-state index contributed by atoms with van der Waals surface area (Å²) in [7, 11) is 0. The molecule has 5 rings (SSSR count). The van der Waals surface area contributed by atoms with Crippen LogP contribution in [0.5, 0.6) is 11.5 Å². The third-order valence-electron chi connectivity index (χ3n) is 7.50. The number of amides is 2. The van der Waals surface area contributed by atoms with Gasteiger partial charge in [0.05, 0.1) is 6.54 Å². The predicted molar refractivity (Wildman–Crippen MR) is 142 cm³/mol. The molecule has 1 unspecified atom stereocenters. The Kier molecular flexibility index (Phi) is 6.56. The first-order chi connectivity index (χ1) is 18.1. The molecule has 1 aliphatic carbocycles. The van der Waals surface area contributed by atoms with Crippen molar-refractivity contribution in [1.82, 2.24) is 4.57 Å². The lowest BCUT2D eigenvalue weighted by molar-refractivity contribution is -1.13. The van der Waals surface area contributed by atoms with Crippen molar-refractivity contribution in [1.29, 1.82) is 0 Å². The highest BCUT2D eigenvalue weighted by Gasteiger charge is 2.51. The Bertz CT molecular complexity index is 1340. The first kappa shape index (κ1) is 25.7. The van der Waals surface area contributed by atoms with Crippen molar-refractivity contribution < 1.29 is 28.5 Å². The van der Waals surface area contributed by atoms with Crippen LogP contribution in [0.3, 0.4) is 0 Å². The fourth-order valence-electron chi connectivity index (χ4n) is 5.35. The zero-order chi connectivity index (χ0) is 27.1. The van der Waals surface area contributed by atoms with Gasteiger partial charge in [0, 0.05) is 17.2 Å². The number of benzene rings is 2. The Morgan fingerprint density at radius 1 is 1.00 bits per heavy atom. The maximum atomic E-state index is 12.1. The van der Waals surface area contributed by atoms with Gasteiger partial charge in [-0.3, -0.25) is 4.84 Å². The zero-order valence-corrected chi connectivity index (χ0v) is 22.1. The number of aromatic nitrogens is 1. The maximum Gasteiger partial charge on any atom is 0.459 e. The third kappa shape index (κ3) is 4.93. The van der Waals surface area contributed by atoms with Crippen LogP contribution >= 0.6 is 0 Å². The van der Waals surface area contributed by atoms with Crippen molar-refractivity contribution in [3.8, 4) is 22.6 Å². The van der Waals surface area contributed by atoms with Gasteiger partial charge < -0.3 is 25.5 Å². The van der Waals surface area contributed by atoms with E-state index in [-0.39, 0.29) is 4.65 Å². The highest BCUT2D eigenvalue weighted by Crippen LogP contribution is 2.52. The number of hydroxylamine groups is 3. The first-order valence-electron chi connectivity index (χ1n) is 12.9. The molecule has 0 radical (unpaired) electrons. The van der Waals surface area contributed by atoms with Gasteiger partial charge in [-0.05, 0) is 56.9 Å². The molecule has 1 atom stereocenters. The molecule has 0 bridgehead atoms. The molecule has 2 aliphatic rings. The van der Waals surface area contributed by atoms with E-state index in [1.54, 1.807) is 0 Å². The molecule has 0 saturated heterocycles. The lowest BCUT2D eigenvalue weighted by Crippen LogP contribution is -2.63. The topological polar surface area (TPSA) is 119 Å². The quantitative estimate of drug-likeness (QED) is 0.416. The van der Waals surface area contributed by atoms with Crippen molar-refractivity contribution >= 4 is 12.2 Å². The maximum absolute atomic E-state index is 12.1. The van der Waals surface area contributed by atoms with Crippen molar-refractivity contribution in [3.05, 3.63) is 71.5 Å². The number of fused-ring (bicyclic) bond motifs is 1. The summed E-state index contributed by atoms with van der Waals surface area (Å²) >= 11 is 0. The average Bonchev–Trinajstić information content (AvgIpc) is 3.66. The van der Waals surface area contributed by atoms with Crippen LogP contribution in [0, 0.1) is 0 Å². The van der Waals surface area contributed by atoms with Gasteiger partial charge in [0.15, 0.2) is 12.3 Å². The molecular formula is C29H35N4O5+. The number of carbonyl (C=O) groups excluding carboxylic acids is 2. The van der Waals surface area contributed by atoms with Crippen molar-refractivity contribution in [3.63, 3.8) is 0 Å². The molecule has 2 aromatic carbocycles. The summed E-state index contributed by atoms with van der Waals surface area (Å²) in [5.74, 6) is 1.51. The van der Waals surface area contributed by atoms with Gasteiger partial charge in [-0.25, -0.2) is 9.59 Å². The monoisotopic (exact) mass is 519 g/mol. The Hall–Kier alpha value is -3.98. The molecule has 200 valence electrons. The van der Waals surface area contributed by atoms with Crippen LogP contribution in [0.2, 0.25) is 0 Å². The van der Waals surface area contributed by atoms with E-state index < -0.39 is 17.7 Å². The molecule has 2 heterocycles. The van der Waals surface area contributed by atoms with Crippen LogP contribution < -0.4 is 20.9 Å². The minimum atomic E-state index is -0.889. The summed E-state index contributed by atoms with van der Waals surface area (Å²) in [5.41, 5.74) is 15.3. The number of hydrogen-bond donors (Lipinski definition) is 2. The van der Waals surface area contributed by atoms with Crippen LogP contribution in [0.1, 0.15) is 56.5 Å². The molecule has 38 heavy (non-hydrogen) atoms. The van der Waals surface area contributed by atoms with Gasteiger partial charge in [-0.1, -0.05) is 42.5 Å². The minimum absolute atomic E-state index is 0.0166. The highest BCUT2D eigenvalue weighted by atomic mass is 16.8. The van der Waals surface area contributed by atoms with Crippen LogP contribution in [0.15, 0.2) is 54.6 Å². The molecule has 4 N–H and O–H groups in total. The van der Waals surface area contributed by atoms with E-state index in [1.165, 1.54) is 0 Å². The van der Waals surface area contributed by atoms with Gasteiger partial charge in [0.25, 0.3) is 0 Å². The van der Waals surface area contributed by atoms with E-state index in [1.807, 2.05) is 75.4 Å². The summed E-state index contributed by atoms with van der Waals surface area (Å²) < 4.78 is 13.9. The summed E-state index contributed by atoms with van der Waals surface area (Å²) in [6, 6.07) is 17.8. The van der Waals surface area contributed by atoms with Crippen LogP contribution in [-0.4, -0.2) is 33.5 Å². The summed E-state index contributed by atoms with van der Waals surface area (Å²) in [5, 5.41) is 0. The average molecular weight is 520 g/mol. The second-order valence-corrected chi connectivity index (χ2v) is 11.0. The number of rotatable bonds is 7. The van der Waals surface area contributed by atoms with Crippen LogP contribution in [0.25, 0.3) is 11.1 Å². The van der Waals surface area contributed by atoms with E-state index >= 15 is 0 Å². The fraction of sp³-hybridized carbons (Fsp3) is 0.379. The Labute approximate surface area is 222 Å². The van der Waals surface area contributed by atoms with Gasteiger partial charge >= 0.3 is 12.2 Å². The number of primary amides is 2. The largest absolute Gasteiger partial charge is 0.489 e. The number of quaternary nitrogens is 1. The molecule has 0 spiro atoms. The second kappa shape index (κ2) is 9.72. The lowest BCUT2D eigenvalue weighted by atomic mass is 10.0. The van der Waals surface area contributed by atoms with Gasteiger partial charge in [0.1, 0.15) is 30.1 Å². The lowest BCUT2D eigenvalue weighted by Gasteiger charge is -2.46. The molecule has 1 saturated carbocycles. The Morgan fingerprint density at radius 3 is 2.26 bits per heavy atom. The molecule has 1 aliphatic heterocycles. The van der Waals surface area contributed by atoms with Crippen molar-refractivity contribution in [2.75, 3.05) is 6.54 Å². The number of ether oxygens (including phenoxy) is 2. The van der Waals surface area contributed by atoms with E-state index in [0.29, 0.717) is 37.9 Å². The van der Waals surface area contributed by atoms with E-state index in [2.05, 4.69) is 4.57 Å². The van der Waals surface area contributed by atoms with E-state index in [4.69, 9.17) is 25.8 Å². The molecule has 1 aromatic heterocycles. The Morgan fingerprint density at radius 2 is 1.68 bits per heavy atom. The van der Waals surface area contributed by atoms with Crippen LogP contribution in [-0.2, 0) is 24.5 Å². The Balaban J connectivity index is 1.55. The standard InChI is InChI=1S/C29H34N4O5/c1-29(2,3)33(38-28(31)35)16-15-32-23(17-33)26(37-27(30)34)24(25(32)21-9-10-21)20-11-13-22(14-12-20)36-18-19-7-5-4-6-8-19/h4-8,11-14,21H,9-10,15-18H2,1-3H3,(H3-,30,31,34,35)/p+1. The highest BCUT2D eigenvalue weighted by molar-refractivity contribution is 5.81. The minimum Gasteiger partial charge on any atom is -0.489 e. The fourth-order valence-corrected chi connectivity index (χ4v) is 5.35. The zero-order valence-electron chi connectivity index (χ0n) is 22.1. The molecular weight excluding hydrogens is 484 g/mol. The smallest absolute Gasteiger partial charge is 0.459 e. The van der Waals surface area contributed by atoms with E-state index in [0.717, 1.165) is 46.7 Å². The molecule has 1 fully saturated rings. The first-order valence-corrected chi connectivity index (χ1v) is 12.9. The molecule has 9 nitrogen and oxygen atoms in total. The van der Waals surface area contributed by atoms with Gasteiger partial charge in [-0.15, -0.1) is 4.65 Å². The number of nitrogens with zero attached hydrogens (tertiary/aromatic N) is 2. The SMILES string of the molecule is CC(C)(C)[N+]1(OC(N)=O)CCn2c(c(OC(N)=O)c(-c3ccc(OCc4ccccc4)cc3)c2C2CC2)C1. The number of carbonyl (C=O) groups is 2. The summed E-state index contributed by atoms with van der Waals surface area (Å²) in [6.07, 6.45) is 0.384. The number of hydrogen-bond acceptors (Lipinski definition) is 5. The van der Waals surface area contributed by atoms with Crippen molar-refractivity contribution in [2.24, 2.45) is 11.5 Å². The van der Waals surface area contributed by atoms with Crippen LogP contribution in [0.4, 0.5) is 9.59 Å². The normalized spacial score (nSPS) is 18.9. The van der Waals surface area contributed by atoms with E-state index in [9.17, 15) is 9.59 Å². The molecule has 2 amide bonds.